The molecule has 3 nitrogen and oxygen atoms in total. The third-order valence-electron chi connectivity index (χ3n) is 5.94. The average molecular weight is 357 g/mol. The van der Waals surface area contributed by atoms with E-state index in [2.05, 4.69) is 34.0 Å². The van der Waals surface area contributed by atoms with Crippen LogP contribution in [0.3, 0.4) is 0 Å². The minimum absolute atomic E-state index is 0.133. The van der Waals surface area contributed by atoms with Gasteiger partial charge in [-0.05, 0) is 68.0 Å². The predicted molar refractivity (Wildman–Crippen MR) is 99.2 cm³/mol. The molecule has 1 saturated heterocycles. The highest BCUT2D eigenvalue weighted by Crippen LogP contribution is 2.38. The fourth-order valence-corrected chi connectivity index (χ4v) is 4.54. The molecule has 0 saturated carbocycles. The van der Waals surface area contributed by atoms with Crippen LogP contribution in [0.1, 0.15) is 36.4 Å². The van der Waals surface area contributed by atoms with Gasteiger partial charge in [-0.2, -0.15) is 0 Å². The van der Waals surface area contributed by atoms with E-state index in [-0.39, 0.29) is 11.9 Å². The minimum Gasteiger partial charge on any atom is -0.371 e. The SMILES string of the molecule is CN(CC1CCN(c2ccncc2)CC1)[C@@H]1CCc2c(F)cc(F)cc21. The van der Waals surface area contributed by atoms with E-state index in [0.29, 0.717) is 17.9 Å². The van der Waals surface area contributed by atoms with Crippen LogP contribution in [0.25, 0.3) is 0 Å². The molecule has 2 heterocycles. The van der Waals surface area contributed by atoms with Crippen molar-refractivity contribution in [3.63, 3.8) is 0 Å². The van der Waals surface area contributed by atoms with Gasteiger partial charge in [0.05, 0.1) is 0 Å². The quantitative estimate of drug-likeness (QED) is 0.818. The van der Waals surface area contributed by atoms with Crippen molar-refractivity contribution in [3.8, 4) is 0 Å². The summed E-state index contributed by atoms with van der Waals surface area (Å²) in [4.78, 5) is 8.80. The van der Waals surface area contributed by atoms with E-state index in [1.54, 1.807) is 0 Å². The predicted octanol–water partition coefficient (Wildman–Crippen LogP) is 4.20. The van der Waals surface area contributed by atoms with E-state index < -0.39 is 5.82 Å². The lowest BCUT2D eigenvalue weighted by Crippen LogP contribution is -2.38. The first-order valence-corrected chi connectivity index (χ1v) is 9.45. The van der Waals surface area contributed by atoms with Crippen molar-refractivity contribution in [2.75, 3.05) is 31.6 Å². The molecular weight excluding hydrogens is 332 g/mol. The summed E-state index contributed by atoms with van der Waals surface area (Å²) in [5.74, 6) is -0.227. The number of benzene rings is 1. The maximum absolute atomic E-state index is 14.0. The van der Waals surface area contributed by atoms with Crippen molar-refractivity contribution in [1.29, 1.82) is 0 Å². The third-order valence-corrected chi connectivity index (χ3v) is 5.94. The maximum atomic E-state index is 14.0. The number of halogens is 2. The van der Waals surface area contributed by atoms with Gasteiger partial charge >= 0.3 is 0 Å². The van der Waals surface area contributed by atoms with Gasteiger partial charge in [-0.15, -0.1) is 0 Å². The van der Waals surface area contributed by atoms with Crippen molar-refractivity contribution in [2.45, 2.75) is 31.7 Å². The Balaban J connectivity index is 1.37. The summed E-state index contributed by atoms with van der Waals surface area (Å²) >= 11 is 0. The summed E-state index contributed by atoms with van der Waals surface area (Å²) in [7, 11) is 2.10. The van der Waals surface area contributed by atoms with Gasteiger partial charge in [0, 0.05) is 49.8 Å². The first-order valence-electron chi connectivity index (χ1n) is 9.45. The monoisotopic (exact) mass is 357 g/mol. The highest BCUT2D eigenvalue weighted by molar-refractivity contribution is 5.44. The maximum Gasteiger partial charge on any atom is 0.129 e. The minimum atomic E-state index is -0.466. The van der Waals surface area contributed by atoms with Crippen molar-refractivity contribution in [3.05, 3.63) is 59.4 Å². The molecule has 0 bridgehead atoms. The number of piperidine rings is 1. The number of hydrogen-bond acceptors (Lipinski definition) is 3. The van der Waals surface area contributed by atoms with Crippen molar-refractivity contribution >= 4 is 5.69 Å². The highest BCUT2D eigenvalue weighted by atomic mass is 19.1. The Kier molecular flexibility index (Phi) is 4.90. The number of aromatic nitrogens is 1. The van der Waals surface area contributed by atoms with E-state index in [9.17, 15) is 8.78 Å². The fraction of sp³-hybridized carbons (Fsp3) is 0.476. The lowest BCUT2D eigenvalue weighted by Gasteiger charge is -2.36. The molecule has 5 heteroatoms. The molecule has 0 N–H and O–H groups in total. The van der Waals surface area contributed by atoms with Crippen molar-refractivity contribution in [1.82, 2.24) is 9.88 Å². The lowest BCUT2D eigenvalue weighted by atomic mass is 9.95. The summed E-state index contributed by atoms with van der Waals surface area (Å²) in [6.45, 7) is 3.08. The smallest absolute Gasteiger partial charge is 0.129 e. The van der Waals surface area contributed by atoms with Crippen LogP contribution in [0.2, 0.25) is 0 Å². The first kappa shape index (κ1) is 17.4. The highest BCUT2D eigenvalue weighted by Gasteiger charge is 2.30. The molecule has 2 aliphatic rings. The molecule has 1 aliphatic heterocycles. The molecule has 1 fully saturated rings. The molecule has 0 radical (unpaired) electrons. The van der Waals surface area contributed by atoms with Crippen LogP contribution in [-0.4, -0.2) is 36.6 Å². The second kappa shape index (κ2) is 7.31. The number of pyridine rings is 1. The van der Waals surface area contributed by atoms with Crippen LogP contribution in [-0.2, 0) is 6.42 Å². The molecule has 0 spiro atoms. The van der Waals surface area contributed by atoms with Gasteiger partial charge in [0.1, 0.15) is 11.6 Å². The van der Waals surface area contributed by atoms with Crippen LogP contribution < -0.4 is 4.90 Å². The first-order chi connectivity index (χ1) is 12.6. The van der Waals surface area contributed by atoms with Crippen molar-refractivity contribution in [2.24, 2.45) is 5.92 Å². The van der Waals surface area contributed by atoms with Gasteiger partial charge in [-0.25, -0.2) is 8.78 Å². The fourth-order valence-electron chi connectivity index (χ4n) is 4.54. The number of rotatable bonds is 4. The summed E-state index contributed by atoms with van der Waals surface area (Å²) in [5, 5.41) is 0. The molecule has 1 aromatic heterocycles. The van der Waals surface area contributed by atoms with Crippen LogP contribution >= 0.6 is 0 Å². The van der Waals surface area contributed by atoms with Gasteiger partial charge in [-0.3, -0.25) is 9.88 Å². The molecule has 1 atom stereocenters. The largest absolute Gasteiger partial charge is 0.371 e. The molecular formula is C21H25F2N3. The topological polar surface area (TPSA) is 19.4 Å². The number of nitrogens with zero attached hydrogens (tertiary/aromatic N) is 3. The van der Waals surface area contributed by atoms with Crippen LogP contribution in [0.4, 0.5) is 14.5 Å². The zero-order valence-electron chi connectivity index (χ0n) is 15.2. The van der Waals surface area contributed by atoms with Crippen LogP contribution in [0.5, 0.6) is 0 Å². The van der Waals surface area contributed by atoms with E-state index in [0.717, 1.165) is 50.5 Å². The van der Waals surface area contributed by atoms with E-state index in [1.165, 1.54) is 11.8 Å². The number of fused-ring (bicyclic) bond motifs is 1. The van der Waals surface area contributed by atoms with Gasteiger partial charge in [0.25, 0.3) is 0 Å². The van der Waals surface area contributed by atoms with Crippen molar-refractivity contribution < 1.29 is 8.78 Å². The summed E-state index contributed by atoms with van der Waals surface area (Å²) in [5.41, 5.74) is 2.79. The Morgan fingerprint density at radius 2 is 1.85 bits per heavy atom. The number of hydrogen-bond donors (Lipinski definition) is 0. The zero-order chi connectivity index (χ0) is 18.1. The molecule has 26 heavy (non-hydrogen) atoms. The lowest BCUT2D eigenvalue weighted by molar-refractivity contribution is 0.190. The average Bonchev–Trinajstić information content (AvgIpc) is 3.07. The molecule has 1 aromatic carbocycles. The molecule has 138 valence electrons. The molecule has 0 amide bonds. The molecule has 1 aliphatic carbocycles. The molecule has 0 unspecified atom stereocenters. The van der Waals surface area contributed by atoms with E-state index in [1.807, 2.05) is 12.4 Å². The standard InChI is InChI=1S/C21H25F2N3/c1-25(21-3-2-18-19(21)12-16(22)13-20(18)23)14-15-6-10-26(11-7-15)17-4-8-24-9-5-17/h4-5,8-9,12-13,15,21H,2-3,6-7,10-11,14H2,1H3/t21-/m1/s1. The van der Waals surface area contributed by atoms with Gasteiger partial charge in [0.15, 0.2) is 0 Å². The number of anilines is 1. The van der Waals surface area contributed by atoms with E-state index in [4.69, 9.17) is 0 Å². The van der Waals surface area contributed by atoms with Crippen LogP contribution in [0, 0.1) is 17.6 Å². The zero-order valence-corrected chi connectivity index (χ0v) is 15.2. The Labute approximate surface area is 153 Å². The Morgan fingerprint density at radius 1 is 1.12 bits per heavy atom. The van der Waals surface area contributed by atoms with Crippen LogP contribution in [0.15, 0.2) is 36.7 Å². The third kappa shape index (κ3) is 3.45. The Bertz CT molecular complexity index is 757. The summed E-state index contributed by atoms with van der Waals surface area (Å²) < 4.78 is 27.6. The van der Waals surface area contributed by atoms with Gasteiger partial charge in [0.2, 0.25) is 0 Å². The van der Waals surface area contributed by atoms with Gasteiger partial charge < -0.3 is 4.90 Å². The van der Waals surface area contributed by atoms with E-state index >= 15 is 0 Å². The summed E-state index contributed by atoms with van der Waals surface area (Å²) in [6.07, 6.45) is 7.54. The Morgan fingerprint density at radius 3 is 2.58 bits per heavy atom. The summed E-state index contributed by atoms with van der Waals surface area (Å²) in [6, 6.07) is 6.79. The molecule has 2 aromatic rings. The second-order valence-electron chi connectivity index (χ2n) is 7.59. The Hall–Kier alpha value is -2.01. The molecule has 4 rings (SSSR count). The second-order valence-corrected chi connectivity index (χ2v) is 7.59. The van der Waals surface area contributed by atoms with Gasteiger partial charge in [-0.1, -0.05) is 0 Å². The normalized spacial score (nSPS) is 20.6.